The summed E-state index contributed by atoms with van der Waals surface area (Å²) in [4.78, 5) is 0. The second kappa shape index (κ2) is 9.80. The fraction of sp³-hybridized carbons (Fsp3) is 0.520. The third-order valence-corrected chi connectivity index (χ3v) is 5.70. The van der Waals surface area contributed by atoms with Crippen LogP contribution in [-0.4, -0.2) is 0 Å². The van der Waals surface area contributed by atoms with E-state index in [0.29, 0.717) is 5.92 Å². The summed E-state index contributed by atoms with van der Waals surface area (Å²) in [6.45, 7) is 13.1. The molecule has 0 aliphatic heterocycles. The number of hydrogen-bond donors (Lipinski definition) is 0. The van der Waals surface area contributed by atoms with Crippen LogP contribution in [0.3, 0.4) is 0 Å². The Morgan fingerprint density at radius 2 is 1.84 bits per heavy atom. The predicted molar refractivity (Wildman–Crippen MR) is 112 cm³/mol. The van der Waals surface area contributed by atoms with Crippen LogP contribution in [0.1, 0.15) is 82.4 Å². The van der Waals surface area contributed by atoms with Crippen LogP contribution in [0.2, 0.25) is 0 Å². The lowest BCUT2D eigenvalue weighted by atomic mass is 9.89. The van der Waals surface area contributed by atoms with E-state index in [2.05, 4.69) is 64.6 Å². The molecule has 1 fully saturated rings. The molecule has 0 atom stereocenters. The van der Waals surface area contributed by atoms with Crippen LogP contribution in [0.25, 0.3) is 0 Å². The smallest absolute Gasteiger partial charge is 0.0162 e. The first-order valence-electron chi connectivity index (χ1n) is 10.2. The van der Waals surface area contributed by atoms with Gasteiger partial charge in [0, 0.05) is 0 Å². The molecule has 0 bridgehead atoms. The normalized spacial score (nSPS) is 15.7. The SMILES string of the molecule is C=C/C(=C\C=C(/C)CCc1ccc(C(CC)CC)cc1CC)C1CC1. The van der Waals surface area contributed by atoms with E-state index >= 15 is 0 Å². The van der Waals surface area contributed by atoms with Crippen molar-refractivity contribution in [3.05, 3.63) is 70.8 Å². The summed E-state index contributed by atoms with van der Waals surface area (Å²) < 4.78 is 0. The Morgan fingerprint density at radius 1 is 1.12 bits per heavy atom. The van der Waals surface area contributed by atoms with Gasteiger partial charge in [0.2, 0.25) is 0 Å². The number of benzene rings is 1. The lowest BCUT2D eigenvalue weighted by Gasteiger charge is -2.16. The average molecular weight is 337 g/mol. The van der Waals surface area contributed by atoms with Gasteiger partial charge in [0.05, 0.1) is 0 Å². The Balaban J connectivity index is 2.03. The van der Waals surface area contributed by atoms with Gasteiger partial charge in [-0.3, -0.25) is 0 Å². The molecule has 0 nitrogen and oxygen atoms in total. The fourth-order valence-electron chi connectivity index (χ4n) is 3.67. The summed E-state index contributed by atoms with van der Waals surface area (Å²) in [6, 6.07) is 7.22. The van der Waals surface area contributed by atoms with Crippen molar-refractivity contribution in [1.82, 2.24) is 0 Å². The van der Waals surface area contributed by atoms with Crippen molar-refractivity contribution in [3.8, 4) is 0 Å². The molecular formula is C25H36. The number of rotatable bonds is 10. The molecule has 25 heavy (non-hydrogen) atoms. The molecule has 1 aliphatic carbocycles. The van der Waals surface area contributed by atoms with E-state index in [0.717, 1.165) is 25.2 Å². The van der Waals surface area contributed by atoms with Crippen LogP contribution in [0.15, 0.2) is 54.2 Å². The lowest BCUT2D eigenvalue weighted by molar-refractivity contribution is 0.640. The molecular weight excluding hydrogens is 300 g/mol. The van der Waals surface area contributed by atoms with E-state index in [1.807, 2.05) is 6.08 Å². The Bertz CT molecular complexity index is 621. The number of aryl methyl sites for hydroxylation is 2. The zero-order chi connectivity index (χ0) is 18.2. The van der Waals surface area contributed by atoms with Crippen molar-refractivity contribution in [1.29, 1.82) is 0 Å². The maximum Gasteiger partial charge on any atom is -0.0162 e. The highest BCUT2D eigenvalue weighted by Crippen LogP contribution is 2.37. The van der Waals surface area contributed by atoms with Gasteiger partial charge < -0.3 is 0 Å². The Morgan fingerprint density at radius 3 is 2.40 bits per heavy atom. The average Bonchev–Trinajstić information content (AvgIpc) is 3.47. The van der Waals surface area contributed by atoms with Crippen molar-refractivity contribution < 1.29 is 0 Å². The van der Waals surface area contributed by atoms with Crippen molar-refractivity contribution >= 4 is 0 Å². The maximum atomic E-state index is 3.96. The molecule has 0 heterocycles. The van der Waals surface area contributed by atoms with E-state index in [9.17, 15) is 0 Å². The van der Waals surface area contributed by atoms with E-state index < -0.39 is 0 Å². The van der Waals surface area contributed by atoms with Crippen LogP contribution in [-0.2, 0) is 12.8 Å². The summed E-state index contributed by atoms with van der Waals surface area (Å²) in [5.74, 6) is 1.50. The van der Waals surface area contributed by atoms with Crippen LogP contribution in [0.4, 0.5) is 0 Å². The van der Waals surface area contributed by atoms with Crippen molar-refractivity contribution in [2.24, 2.45) is 5.92 Å². The van der Waals surface area contributed by atoms with Crippen LogP contribution in [0, 0.1) is 5.92 Å². The summed E-state index contributed by atoms with van der Waals surface area (Å²) in [5.41, 5.74) is 7.48. The largest absolute Gasteiger partial charge is 0.0988 e. The highest BCUT2D eigenvalue weighted by atomic mass is 14.3. The standard InChI is InChI=1S/C25H36/c1-6-20(7-2)25-17-16-24(22(9-4)18-25)13-11-19(5)10-12-21(8-3)23-14-15-23/h8,10,12,16-18,20,23H,3,6-7,9,11,13-15H2,1-2,4-5H3/b19-10+,21-12+. The molecule has 1 aromatic carbocycles. The van der Waals surface area contributed by atoms with E-state index in [-0.39, 0.29) is 0 Å². The monoisotopic (exact) mass is 336 g/mol. The van der Waals surface area contributed by atoms with Gasteiger partial charge >= 0.3 is 0 Å². The van der Waals surface area contributed by atoms with Gasteiger partial charge in [0.25, 0.3) is 0 Å². The first-order valence-corrected chi connectivity index (χ1v) is 10.2. The van der Waals surface area contributed by atoms with Gasteiger partial charge in [-0.1, -0.05) is 69.4 Å². The minimum Gasteiger partial charge on any atom is -0.0988 e. The number of hydrogen-bond acceptors (Lipinski definition) is 0. The van der Waals surface area contributed by atoms with Crippen molar-refractivity contribution in [3.63, 3.8) is 0 Å². The zero-order valence-electron chi connectivity index (χ0n) is 16.8. The number of allylic oxidation sites excluding steroid dienone is 5. The quantitative estimate of drug-likeness (QED) is 0.387. The molecule has 0 saturated heterocycles. The van der Waals surface area contributed by atoms with Crippen LogP contribution < -0.4 is 0 Å². The van der Waals surface area contributed by atoms with E-state index in [1.165, 1.54) is 53.5 Å². The van der Waals surface area contributed by atoms with Gasteiger partial charge in [0.15, 0.2) is 0 Å². The third-order valence-electron chi connectivity index (χ3n) is 5.70. The van der Waals surface area contributed by atoms with Gasteiger partial charge in [-0.15, -0.1) is 0 Å². The molecule has 1 aromatic rings. The Labute approximate surface area is 155 Å². The van der Waals surface area contributed by atoms with Crippen molar-refractivity contribution in [2.45, 2.75) is 78.6 Å². The molecule has 1 saturated carbocycles. The molecule has 136 valence electrons. The molecule has 0 amide bonds. The first kappa shape index (κ1) is 19.8. The molecule has 0 N–H and O–H groups in total. The van der Waals surface area contributed by atoms with Crippen LogP contribution >= 0.6 is 0 Å². The highest BCUT2D eigenvalue weighted by molar-refractivity contribution is 5.35. The lowest BCUT2D eigenvalue weighted by Crippen LogP contribution is -2.00. The first-order chi connectivity index (χ1) is 12.1. The molecule has 0 heteroatoms. The Kier molecular flexibility index (Phi) is 7.75. The second-order valence-electron chi connectivity index (χ2n) is 7.55. The van der Waals surface area contributed by atoms with Gasteiger partial charge in [-0.25, -0.2) is 0 Å². The summed E-state index contributed by atoms with van der Waals surface area (Å²) in [7, 11) is 0. The van der Waals surface area contributed by atoms with Crippen molar-refractivity contribution in [2.75, 3.05) is 0 Å². The fourth-order valence-corrected chi connectivity index (χ4v) is 3.67. The molecule has 2 rings (SSSR count). The maximum absolute atomic E-state index is 3.96. The van der Waals surface area contributed by atoms with E-state index in [4.69, 9.17) is 0 Å². The minimum absolute atomic E-state index is 0.714. The highest BCUT2D eigenvalue weighted by Gasteiger charge is 2.23. The van der Waals surface area contributed by atoms with Gasteiger partial charge in [0.1, 0.15) is 0 Å². The topological polar surface area (TPSA) is 0 Å². The molecule has 0 aromatic heterocycles. The minimum atomic E-state index is 0.714. The van der Waals surface area contributed by atoms with Crippen LogP contribution in [0.5, 0.6) is 0 Å². The summed E-state index contributed by atoms with van der Waals surface area (Å²) >= 11 is 0. The van der Waals surface area contributed by atoms with E-state index in [1.54, 1.807) is 0 Å². The third kappa shape index (κ3) is 5.73. The molecule has 0 radical (unpaired) electrons. The predicted octanol–water partition coefficient (Wildman–Crippen LogP) is 7.55. The zero-order valence-corrected chi connectivity index (χ0v) is 16.8. The van der Waals surface area contributed by atoms with Gasteiger partial charge in [-0.05, 0) is 86.0 Å². The second-order valence-corrected chi connectivity index (χ2v) is 7.55. The molecule has 0 unspecified atom stereocenters. The molecule has 0 spiro atoms. The Hall–Kier alpha value is -1.56. The molecule has 1 aliphatic rings. The summed E-state index contributed by atoms with van der Waals surface area (Å²) in [6.07, 6.45) is 15.2. The summed E-state index contributed by atoms with van der Waals surface area (Å²) in [5, 5.41) is 0. The van der Waals surface area contributed by atoms with Gasteiger partial charge in [-0.2, -0.15) is 0 Å².